The van der Waals surface area contributed by atoms with Crippen LogP contribution >= 0.6 is 0 Å². The van der Waals surface area contributed by atoms with Gasteiger partial charge in [0.1, 0.15) is 11.5 Å². The summed E-state index contributed by atoms with van der Waals surface area (Å²) >= 11 is 0. The van der Waals surface area contributed by atoms with E-state index in [1.54, 1.807) is 23.2 Å². The molecule has 2 atom stereocenters. The number of benzene rings is 1. The highest BCUT2D eigenvalue weighted by Crippen LogP contribution is 2.48. The monoisotopic (exact) mass is 554 g/mol. The zero-order chi connectivity index (χ0) is 28.7. The summed E-state index contributed by atoms with van der Waals surface area (Å²) in [5.41, 5.74) is 1.89. The largest absolute Gasteiger partial charge is 0.433 e. The van der Waals surface area contributed by atoms with Gasteiger partial charge in [-0.1, -0.05) is 13.0 Å². The van der Waals surface area contributed by atoms with E-state index in [4.69, 9.17) is 4.74 Å². The van der Waals surface area contributed by atoms with Crippen LogP contribution in [0.4, 0.5) is 24.7 Å². The molecule has 2 amide bonds. The first kappa shape index (κ1) is 27.7. The van der Waals surface area contributed by atoms with E-state index in [1.807, 2.05) is 19.1 Å². The Hall–Kier alpha value is -3.83. The first-order valence-electron chi connectivity index (χ1n) is 13.0. The van der Waals surface area contributed by atoms with E-state index in [9.17, 15) is 27.9 Å². The Labute approximate surface area is 229 Å². The third-order valence-electron chi connectivity index (χ3n) is 7.83. The highest BCUT2D eigenvalue weighted by molar-refractivity contribution is 6.04. The van der Waals surface area contributed by atoms with Crippen LogP contribution in [0.2, 0.25) is 0 Å². The summed E-state index contributed by atoms with van der Waals surface area (Å²) in [7, 11) is 0. The fourth-order valence-electron chi connectivity index (χ4n) is 5.59. The van der Waals surface area contributed by atoms with E-state index >= 15 is 0 Å². The molecule has 0 bridgehead atoms. The Morgan fingerprint density at radius 1 is 1.20 bits per heavy atom. The van der Waals surface area contributed by atoms with E-state index in [0.29, 0.717) is 43.6 Å². The van der Waals surface area contributed by atoms with Gasteiger partial charge in [0.05, 0.1) is 19.1 Å². The maximum Gasteiger partial charge on any atom is 0.433 e. The second-order valence-corrected chi connectivity index (χ2v) is 10.3. The van der Waals surface area contributed by atoms with E-state index in [1.165, 1.54) is 6.07 Å². The minimum atomic E-state index is -4.66. The topological polar surface area (TPSA) is 105 Å². The number of carbonyl (C=O) groups excluding carboxylic acids is 2. The molecule has 0 unspecified atom stereocenters. The number of fused-ring (bicyclic) bond motifs is 3. The van der Waals surface area contributed by atoms with Crippen molar-refractivity contribution in [1.29, 1.82) is 0 Å². The number of pyridine rings is 2. The zero-order valence-electron chi connectivity index (χ0n) is 22.1. The maximum atomic E-state index is 13.4. The molecule has 1 aromatic carbocycles. The van der Waals surface area contributed by atoms with Crippen molar-refractivity contribution in [2.24, 2.45) is 5.92 Å². The Kier molecular flexibility index (Phi) is 7.36. The molecular formula is C29H29F3N4O4. The Balaban J connectivity index is 1.51. The summed E-state index contributed by atoms with van der Waals surface area (Å²) in [6.45, 7) is 4.89. The number of aryl methyl sites for hydroxylation is 1. The average molecular weight is 555 g/mol. The molecule has 210 valence electrons. The molecule has 2 aromatic heterocycles. The van der Waals surface area contributed by atoms with Gasteiger partial charge in [0.15, 0.2) is 0 Å². The first-order valence-corrected chi connectivity index (χ1v) is 13.0. The van der Waals surface area contributed by atoms with Crippen molar-refractivity contribution in [2.75, 3.05) is 36.6 Å². The van der Waals surface area contributed by atoms with Crippen molar-refractivity contribution in [1.82, 2.24) is 9.97 Å². The lowest BCUT2D eigenvalue weighted by molar-refractivity contribution is -0.141. The summed E-state index contributed by atoms with van der Waals surface area (Å²) in [5.74, 6) is -0.567. The SMILES string of the molecule is Cc1ccc(NC(=O)c2ccnc(C(F)(F)F)c2)cc1-c1cnc2c(c1)[C@]1(C)CCOCC[C@H]1C(=O)N2CCO. The summed E-state index contributed by atoms with van der Waals surface area (Å²) in [6, 6.07) is 9.17. The molecule has 2 aliphatic rings. The number of β-amino-alcohol motifs (C(OH)–C–C–N with tert-alkyl or cyclic N) is 1. The van der Waals surface area contributed by atoms with Crippen LogP contribution < -0.4 is 10.2 Å². The molecule has 8 nitrogen and oxygen atoms in total. The van der Waals surface area contributed by atoms with Gasteiger partial charge in [0, 0.05) is 53.4 Å². The highest BCUT2D eigenvalue weighted by Gasteiger charge is 2.49. The molecule has 11 heteroatoms. The van der Waals surface area contributed by atoms with Crippen LogP contribution in [0.5, 0.6) is 0 Å². The van der Waals surface area contributed by atoms with E-state index < -0.39 is 23.2 Å². The van der Waals surface area contributed by atoms with E-state index in [-0.39, 0.29) is 30.5 Å². The summed E-state index contributed by atoms with van der Waals surface area (Å²) in [4.78, 5) is 35.7. The van der Waals surface area contributed by atoms with Crippen LogP contribution in [-0.4, -0.2) is 53.3 Å². The molecule has 5 rings (SSSR count). The second-order valence-electron chi connectivity index (χ2n) is 10.3. The predicted octanol–water partition coefficient (Wildman–Crippen LogP) is 4.75. The molecule has 1 saturated heterocycles. The number of rotatable bonds is 5. The predicted molar refractivity (Wildman–Crippen MR) is 142 cm³/mol. The molecule has 1 fully saturated rings. The molecule has 40 heavy (non-hydrogen) atoms. The third-order valence-corrected chi connectivity index (χ3v) is 7.83. The zero-order valence-corrected chi connectivity index (χ0v) is 22.1. The molecule has 4 heterocycles. The molecule has 0 aliphatic carbocycles. The van der Waals surface area contributed by atoms with Crippen molar-refractivity contribution in [3.8, 4) is 11.1 Å². The highest BCUT2D eigenvalue weighted by atomic mass is 19.4. The molecule has 2 aliphatic heterocycles. The van der Waals surface area contributed by atoms with E-state index in [0.717, 1.165) is 28.5 Å². The van der Waals surface area contributed by atoms with Gasteiger partial charge in [-0.3, -0.25) is 19.5 Å². The van der Waals surface area contributed by atoms with Crippen LogP contribution in [0.15, 0.2) is 48.8 Å². The number of ether oxygens (including phenoxy) is 1. The number of carbonyl (C=O) groups is 2. The molecule has 2 N–H and O–H groups in total. The van der Waals surface area contributed by atoms with Crippen molar-refractivity contribution in [2.45, 2.75) is 38.3 Å². The van der Waals surface area contributed by atoms with Gasteiger partial charge >= 0.3 is 6.18 Å². The lowest BCUT2D eigenvalue weighted by Crippen LogP contribution is -2.52. The van der Waals surface area contributed by atoms with Crippen LogP contribution in [0, 0.1) is 12.8 Å². The number of hydrogen-bond acceptors (Lipinski definition) is 6. The van der Waals surface area contributed by atoms with Crippen LogP contribution in [0.3, 0.4) is 0 Å². The molecule has 0 saturated carbocycles. The van der Waals surface area contributed by atoms with Crippen LogP contribution in [0.25, 0.3) is 11.1 Å². The smallest absolute Gasteiger partial charge is 0.395 e. The first-order chi connectivity index (χ1) is 19.0. The van der Waals surface area contributed by atoms with Crippen molar-refractivity contribution in [3.05, 3.63) is 71.2 Å². The maximum absolute atomic E-state index is 13.4. The lowest BCUT2D eigenvalue weighted by atomic mass is 9.66. The number of hydrogen-bond donors (Lipinski definition) is 2. The molecule has 0 radical (unpaired) electrons. The number of aliphatic hydroxyl groups excluding tert-OH is 1. The van der Waals surface area contributed by atoms with Gasteiger partial charge in [0.2, 0.25) is 5.91 Å². The quantitative estimate of drug-likeness (QED) is 0.472. The number of amides is 2. The Morgan fingerprint density at radius 2 is 2.00 bits per heavy atom. The lowest BCUT2D eigenvalue weighted by Gasteiger charge is -2.44. The Bertz CT molecular complexity index is 1460. The normalized spacial score (nSPS) is 20.9. The molecule has 3 aromatic rings. The average Bonchev–Trinajstić information content (AvgIpc) is 3.14. The number of aromatic nitrogens is 2. The summed E-state index contributed by atoms with van der Waals surface area (Å²) in [5, 5.41) is 12.3. The molecular weight excluding hydrogens is 525 g/mol. The van der Waals surface area contributed by atoms with Crippen molar-refractivity contribution >= 4 is 23.3 Å². The van der Waals surface area contributed by atoms with Crippen molar-refractivity contribution in [3.63, 3.8) is 0 Å². The number of alkyl halides is 3. The number of anilines is 2. The number of nitrogens with one attached hydrogen (secondary N) is 1. The fourth-order valence-corrected chi connectivity index (χ4v) is 5.59. The van der Waals surface area contributed by atoms with Crippen molar-refractivity contribution < 1.29 is 32.6 Å². The van der Waals surface area contributed by atoms with Gasteiger partial charge in [-0.2, -0.15) is 13.2 Å². The van der Waals surface area contributed by atoms with Crippen LogP contribution in [-0.2, 0) is 21.1 Å². The minimum Gasteiger partial charge on any atom is -0.395 e. The number of aliphatic hydroxyl groups is 1. The summed E-state index contributed by atoms with van der Waals surface area (Å²) in [6.07, 6.45) is -0.862. The number of halogens is 3. The Morgan fingerprint density at radius 3 is 2.75 bits per heavy atom. The standard InChI is InChI=1S/C29H29F3N4O4/c1-17-3-4-20(35-26(38)18-5-8-33-24(14-18)29(30,31)32)15-21(17)19-13-23-25(34-16-19)36(9-10-37)27(39)22-6-11-40-12-7-28(22,23)2/h3-5,8,13-16,22,37H,6-7,9-12H2,1-2H3,(H,35,38)/t22-,28+/m0/s1. The number of nitrogens with zero attached hydrogens (tertiary/aromatic N) is 3. The fraction of sp³-hybridized carbons (Fsp3) is 0.379. The minimum absolute atomic E-state index is 0.0690. The third kappa shape index (κ3) is 5.06. The van der Waals surface area contributed by atoms with Gasteiger partial charge in [-0.15, -0.1) is 0 Å². The van der Waals surface area contributed by atoms with Gasteiger partial charge in [-0.25, -0.2) is 4.98 Å². The van der Waals surface area contributed by atoms with Gasteiger partial charge in [-0.05, 0) is 61.2 Å². The van der Waals surface area contributed by atoms with Gasteiger partial charge in [0.25, 0.3) is 5.91 Å². The molecule has 0 spiro atoms. The van der Waals surface area contributed by atoms with E-state index in [2.05, 4.69) is 22.2 Å². The van der Waals surface area contributed by atoms with Gasteiger partial charge < -0.3 is 15.2 Å². The summed E-state index contributed by atoms with van der Waals surface area (Å²) < 4.78 is 44.9. The second kappa shape index (κ2) is 10.6. The van der Waals surface area contributed by atoms with Crippen LogP contribution in [0.1, 0.15) is 46.9 Å².